The van der Waals surface area contributed by atoms with Gasteiger partial charge < -0.3 is 25.0 Å². The fourth-order valence-corrected chi connectivity index (χ4v) is 3.44. The minimum absolute atomic E-state index is 0. The molecule has 1 aromatic rings. The van der Waals surface area contributed by atoms with Gasteiger partial charge >= 0.3 is 0 Å². The number of hydrogen-bond acceptors (Lipinski definition) is 5. The molecule has 1 saturated heterocycles. The monoisotopic (exact) mass is 421 g/mol. The molecular weight excluding hydrogens is 389 g/mol. The van der Waals surface area contributed by atoms with E-state index in [1.165, 1.54) is 0 Å². The Morgan fingerprint density at radius 3 is 2.48 bits per heavy atom. The number of hydrogen-bond donors (Lipinski definition) is 2. The average Bonchev–Trinajstić information content (AvgIpc) is 2.62. The maximum atomic E-state index is 12.9. The van der Waals surface area contributed by atoms with E-state index < -0.39 is 5.41 Å². The second-order valence-electron chi connectivity index (χ2n) is 6.93. The summed E-state index contributed by atoms with van der Waals surface area (Å²) in [5, 5.41) is 6.48. The van der Waals surface area contributed by atoms with Crippen molar-refractivity contribution >= 4 is 30.7 Å². The van der Waals surface area contributed by atoms with Gasteiger partial charge in [0.2, 0.25) is 5.91 Å². The topological polar surface area (TPSA) is 62.8 Å². The summed E-state index contributed by atoms with van der Waals surface area (Å²) >= 11 is 0. The normalized spacial score (nSPS) is 16.6. The van der Waals surface area contributed by atoms with Gasteiger partial charge in [0.25, 0.3) is 0 Å². The first-order valence-corrected chi connectivity index (χ1v) is 8.81. The first-order chi connectivity index (χ1) is 12.0. The zero-order chi connectivity index (χ0) is 18.3. The van der Waals surface area contributed by atoms with Crippen molar-refractivity contribution in [2.45, 2.75) is 18.9 Å². The summed E-state index contributed by atoms with van der Waals surface area (Å²) in [5.74, 6) is 0.912. The molecule has 27 heavy (non-hydrogen) atoms. The third kappa shape index (κ3) is 6.80. The molecule has 1 amide bonds. The van der Waals surface area contributed by atoms with E-state index in [-0.39, 0.29) is 36.8 Å². The summed E-state index contributed by atoms with van der Waals surface area (Å²) in [6.07, 6.45) is 1.61. The number of carbonyl (C=O) groups excluding carboxylic acids is 1. The number of methoxy groups -OCH3 is 2. The molecule has 0 aliphatic carbocycles. The lowest BCUT2D eigenvalue weighted by atomic mass is 9.78. The Kier molecular flexibility index (Phi) is 11.9. The molecule has 0 spiro atoms. The molecule has 0 bridgehead atoms. The van der Waals surface area contributed by atoms with Crippen LogP contribution in [-0.4, -0.2) is 65.4 Å². The highest BCUT2D eigenvalue weighted by atomic mass is 35.5. The van der Waals surface area contributed by atoms with E-state index >= 15 is 0 Å². The lowest BCUT2D eigenvalue weighted by Gasteiger charge is -2.36. The summed E-state index contributed by atoms with van der Waals surface area (Å²) in [4.78, 5) is 15.0. The van der Waals surface area contributed by atoms with Gasteiger partial charge in [0.15, 0.2) is 0 Å². The SMILES string of the molecule is COCC1(C(=O)NCC(c2cccc(OC)c2)N(C)C)CCNCC1.Cl.Cl. The van der Waals surface area contributed by atoms with Crippen molar-refractivity contribution in [1.82, 2.24) is 15.5 Å². The largest absolute Gasteiger partial charge is 0.497 e. The molecule has 0 radical (unpaired) electrons. The van der Waals surface area contributed by atoms with Gasteiger partial charge in [0.1, 0.15) is 5.75 Å². The van der Waals surface area contributed by atoms with Crippen molar-refractivity contribution in [3.05, 3.63) is 29.8 Å². The lowest BCUT2D eigenvalue weighted by Crippen LogP contribution is -2.51. The molecule has 1 unspecified atom stereocenters. The lowest BCUT2D eigenvalue weighted by molar-refractivity contribution is -0.136. The van der Waals surface area contributed by atoms with Crippen LogP contribution in [0.5, 0.6) is 5.75 Å². The van der Waals surface area contributed by atoms with Gasteiger partial charge in [-0.25, -0.2) is 0 Å². The number of nitrogens with one attached hydrogen (secondary N) is 2. The van der Waals surface area contributed by atoms with Crippen molar-refractivity contribution in [2.75, 3.05) is 54.6 Å². The molecule has 6 nitrogen and oxygen atoms in total. The Labute approximate surface area is 175 Å². The minimum Gasteiger partial charge on any atom is -0.497 e. The quantitative estimate of drug-likeness (QED) is 0.673. The van der Waals surface area contributed by atoms with Gasteiger partial charge in [0, 0.05) is 13.7 Å². The zero-order valence-electron chi connectivity index (χ0n) is 16.6. The molecule has 156 valence electrons. The number of piperidine rings is 1. The molecule has 8 heteroatoms. The molecule has 2 rings (SSSR count). The molecule has 1 fully saturated rings. The highest BCUT2D eigenvalue weighted by Gasteiger charge is 2.39. The van der Waals surface area contributed by atoms with E-state index in [1.54, 1.807) is 14.2 Å². The van der Waals surface area contributed by atoms with Crippen LogP contribution in [0.25, 0.3) is 0 Å². The number of likely N-dealkylation sites (N-methyl/N-ethyl adjacent to an activating group) is 1. The molecule has 0 saturated carbocycles. The van der Waals surface area contributed by atoms with Crippen LogP contribution in [0.15, 0.2) is 24.3 Å². The summed E-state index contributed by atoms with van der Waals surface area (Å²) < 4.78 is 10.7. The van der Waals surface area contributed by atoms with E-state index in [0.29, 0.717) is 13.2 Å². The summed E-state index contributed by atoms with van der Waals surface area (Å²) in [7, 11) is 7.37. The maximum Gasteiger partial charge on any atom is 0.228 e. The molecular formula is C19H33Cl2N3O3. The van der Waals surface area contributed by atoms with Crippen molar-refractivity contribution in [3.63, 3.8) is 0 Å². The van der Waals surface area contributed by atoms with Gasteiger partial charge in [-0.1, -0.05) is 12.1 Å². The third-order valence-electron chi connectivity index (χ3n) is 5.02. The molecule has 2 N–H and O–H groups in total. The number of amides is 1. The Hall–Kier alpha value is -1.05. The average molecular weight is 422 g/mol. The van der Waals surface area contributed by atoms with Crippen LogP contribution in [0, 0.1) is 5.41 Å². The Balaban J connectivity index is 0.00000338. The van der Waals surface area contributed by atoms with E-state index in [1.807, 2.05) is 32.3 Å². The number of halogens is 2. The van der Waals surface area contributed by atoms with Crippen molar-refractivity contribution < 1.29 is 14.3 Å². The Morgan fingerprint density at radius 2 is 1.93 bits per heavy atom. The molecule has 1 aliphatic heterocycles. The van der Waals surface area contributed by atoms with Crippen LogP contribution in [0.1, 0.15) is 24.4 Å². The van der Waals surface area contributed by atoms with Crippen LogP contribution in [0.4, 0.5) is 0 Å². The highest BCUT2D eigenvalue weighted by molar-refractivity contribution is 5.85. The summed E-state index contributed by atoms with van der Waals surface area (Å²) in [6, 6.07) is 8.07. The standard InChI is InChI=1S/C19H31N3O3.2ClH/c1-22(2)17(15-6-5-7-16(12-15)25-4)13-21-18(23)19(14-24-3)8-10-20-11-9-19;;/h5-7,12,17,20H,8-11,13-14H2,1-4H3,(H,21,23);2*1H. The zero-order valence-corrected chi connectivity index (χ0v) is 18.3. The van der Waals surface area contributed by atoms with Crippen LogP contribution in [-0.2, 0) is 9.53 Å². The maximum absolute atomic E-state index is 12.9. The van der Waals surface area contributed by atoms with Crippen molar-refractivity contribution in [3.8, 4) is 5.75 Å². The van der Waals surface area contributed by atoms with E-state index in [0.717, 1.165) is 37.2 Å². The first kappa shape index (κ1) is 26.0. The minimum atomic E-state index is -0.425. The van der Waals surface area contributed by atoms with Gasteiger partial charge in [-0.3, -0.25) is 4.79 Å². The van der Waals surface area contributed by atoms with Gasteiger partial charge in [0.05, 0.1) is 25.2 Å². The first-order valence-electron chi connectivity index (χ1n) is 8.81. The number of benzene rings is 1. The van der Waals surface area contributed by atoms with Crippen LogP contribution < -0.4 is 15.4 Å². The summed E-state index contributed by atoms with van der Waals surface area (Å²) in [6.45, 7) is 2.72. The second kappa shape index (κ2) is 12.4. The highest BCUT2D eigenvalue weighted by Crippen LogP contribution is 2.30. The smallest absolute Gasteiger partial charge is 0.228 e. The predicted molar refractivity (Wildman–Crippen MR) is 113 cm³/mol. The van der Waals surface area contributed by atoms with Crippen LogP contribution in [0.3, 0.4) is 0 Å². The molecule has 1 atom stereocenters. The van der Waals surface area contributed by atoms with Crippen molar-refractivity contribution in [2.24, 2.45) is 5.41 Å². The van der Waals surface area contributed by atoms with Gasteiger partial charge in [-0.2, -0.15) is 0 Å². The third-order valence-corrected chi connectivity index (χ3v) is 5.02. The van der Waals surface area contributed by atoms with Crippen LogP contribution in [0.2, 0.25) is 0 Å². The Morgan fingerprint density at radius 1 is 1.26 bits per heavy atom. The van der Waals surface area contributed by atoms with E-state index in [2.05, 4.69) is 21.6 Å². The molecule has 0 aromatic heterocycles. The predicted octanol–water partition coefficient (Wildman–Crippen LogP) is 2.27. The van der Waals surface area contributed by atoms with E-state index in [9.17, 15) is 4.79 Å². The van der Waals surface area contributed by atoms with E-state index in [4.69, 9.17) is 9.47 Å². The molecule has 1 aromatic carbocycles. The number of nitrogens with zero attached hydrogens (tertiary/aromatic N) is 1. The molecule has 1 heterocycles. The fraction of sp³-hybridized carbons (Fsp3) is 0.632. The van der Waals surface area contributed by atoms with Crippen LogP contribution >= 0.6 is 24.8 Å². The summed E-state index contributed by atoms with van der Waals surface area (Å²) in [5.41, 5.74) is 0.696. The number of carbonyl (C=O) groups is 1. The molecule has 1 aliphatic rings. The second-order valence-corrected chi connectivity index (χ2v) is 6.93. The number of ether oxygens (including phenoxy) is 2. The Bertz CT molecular complexity index is 561. The fourth-order valence-electron chi connectivity index (χ4n) is 3.44. The van der Waals surface area contributed by atoms with Gasteiger partial charge in [-0.05, 0) is 57.7 Å². The number of rotatable bonds is 8. The van der Waals surface area contributed by atoms with Gasteiger partial charge in [-0.15, -0.1) is 24.8 Å². The van der Waals surface area contributed by atoms with Crippen molar-refractivity contribution in [1.29, 1.82) is 0 Å².